The van der Waals surface area contributed by atoms with E-state index in [-0.39, 0.29) is 0 Å². The quantitative estimate of drug-likeness (QED) is 0.862. The number of rotatable bonds is 4. The summed E-state index contributed by atoms with van der Waals surface area (Å²) in [7, 11) is 2.11. The van der Waals surface area contributed by atoms with Crippen molar-refractivity contribution in [3.8, 4) is 0 Å². The molecule has 0 N–H and O–H groups in total. The lowest BCUT2D eigenvalue weighted by Crippen LogP contribution is -2.17. The third kappa shape index (κ3) is 3.21. The highest BCUT2D eigenvalue weighted by atomic mass is 79.9. The molecule has 0 unspecified atom stereocenters. The van der Waals surface area contributed by atoms with Crippen LogP contribution in [0.4, 0.5) is 0 Å². The van der Waals surface area contributed by atoms with Crippen LogP contribution in [-0.4, -0.2) is 17.1 Å². The minimum absolute atomic E-state index is 0.858. The van der Waals surface area contributed by atoms with Crippen LogP contribution in [0.15, 0.2) is 33.3 Å². The van der Waals surface area contributed by atoms with Gasteiger partial charge >= 0.3 is 0 Å². The average Bonchev–Trinajstić information content (AvgIpc) is 2.64. The van der Waals surface area contributed by atoms with E-state index in [0.29, 0.717) is 0 Å². The summed E-state index contributed by atoms with van der Waals surface area (Å²) in [5, 5.41) is 3.98. The summed E-state index contributed by atoms with van der Waals surface area (Å²) in [5.74, 6) is 0.912. The molecule has 0 saturated carbocycles. The summed E-state index contributed by atoms with van der Waals surface area (Å²) in [6.45, 7) is 5.72. The van der Waals surface area contributed by atoms with Crippen LogP contribution in [0.25, 0.3) is 0 Å². The molecule has 2 aromatic rings. The van der Waals surface area contributed by atoms with Crippen LogP contribution in [0.1, 0.15) is 22.6 Å². The highest BCUT2D eigenvalue weighted by Crippen LogP contribution is 2.16. The minimum Gasteiger partial charge on any atom is -0.361 e. The second kappa shape index (κ2) is 5.67. The molecule has 0 aliphatic carbocycles. The van der Waals surface area contributed by atoms with Gasteiger partial charge in [-0.05, 0) is 38.6 Å². The van der Waals surface area contributed by atoms with E-state index in [1.165, 1.54) is 11.1 Å². The summed E-state index contributed by atoms with van der Waals surface area (Å²) in [6.07, 6.45) is 0. The molecule has 0 bridgehead atoms. The van der Waals surface area contributed by atoms with E-state index in [4.69, 9.17) is 4.52 Å². The van der Waals surface area contributed by atoms with Crippen LogP contribution in [0, 0.1) is 13.8 Å². The van der Waals surface area contributed by atoms with Crippen molar-refractivity contribution in [3.63, 3.8) is 0 Å². The van der Waals surface area contributed by atoms with Gasteiger partial charge in [0, 0.05) is 23.1 Å². The smallest absolute Gasteiger partial charge is 0.138 e. The number of halogens is 1. The maximum Gasteiger partial charge on any atom is 0.138 e. The van der Waals surface area contributed by atoms with Gasteiger partial charge in [0.15, 0.2) is 0 Å². The van der Waals surface area contributed by atoms with Crippen LogP contribution in [0.3, 0.4) is 0 Å². The fourth-order valence-electron chi connectivity index (χ4n) is 1.95. The molecule has 1 aromatic carbocycles. The fourth-order valence-corrected chi connectivity index (χ4v) is 2.22. The molecule has 18 heavy (non-hydrogen) atoms. The first kappa shape index (κ1) is 13.3. The highest BCUT2D eigenvalue weighted by Gasteiger charge is 2.11. The predicted molar refractivity (Wildman–Crippen MR) is 75.3 cm³/mol. The molecular weight excluding hydrogens is 292 g/mol. The molecule has 0 spiro atoms. The van der Waals surface area contributed by atoms with Crippen LogP contribution >= 0.6 is 15.9 Å². The molecule has 0 aliphatic rings. The van der Waals surface area contributed by atoms with Gasteiger partial charge in [-0.1, -0.05) is 33.2 Å². The molecule has 0 fully saturated rings. The lowest BCUT2D eigenvalue weighted by molar-refractivity contribution is 0.315. The zero-order chi connectivity index (χ0) is 13.1. The van der Waals surface area contributed by atoms with E-state index in [9.17, 15) is 0 Å². The van der Waals surface area contributed by atoms with E-state index in [1.54, 1.807) is 0 Å². The van der Waals surface area contributed by atoms with Gasteiger partial charge in [-0.15, -0.1) is 0 Å². The SMILES string of the molecule is Cc1noc(C)c1CN(C)Cc1ccc(Br)cc1. The first-order valence-corrected chi connectivity index (χ1v) is 6.70. The molecule has 4 heteroatoms. The molecular formula is C14H17BrN2O. The first-order valence-electron chi connectivity index (χ1n) is 5.91. The number of benzene rings is 1. The van der Waals surface area contributed by atoms with Crippen molar-refractivity contribution in [3.05, 3.63) is 51.3 Å². The van der Waals surface area contributed by atoms with Crippen molar-refractivity contribution in [1.82, 2.24) is 10.1 Å². The minimum atomic E-state index is 0.858. The van der Waals surface area contributed by atoms with Crippen molar-refractivity contribution in [1.29, 1.82) is 0 Å². The fraction of sp³-hybridized carbons (Fsp3) is 0.357. The summed E-state index contributed by atoms with van der Waals surface area (Å²) in [4.78, 5) is 2.26. The molecule has 0 radical (unpaired) electrons. The Morgan fingerprint density at radius 3 is 2.39 bits per heavy atom. The molecule has 0 atom stereocenters. The molecule has 0 saturated heterocycles. The largest absolute Gasteiger partial charge is 0.361 e. The number of aryl methyl sites for hydroxylation is 2. The summed E-state index contributed by atoms with van der Waals surface area (Å²) in [5.41, 5.74) is 3.47. The van der Waals surface area contributed by atoms with E-state index < -0.39 is 0 Å². The molecule has 2 rings (SSSR count). The second-order valence-corrected chi connectivity index (χ2v) is 5.52. The Balaban J connectivity index is 2.01. The Hall–Kier alpha value is -1.13. The van der Waals surface area contributed by atoms with E-state index in [0.717, 1.165) is 29.0 Å². The van der Waals surface area contributed by atoms with Gasteiger partial charge < -0.3 is 4.52 Å². The van der Waals surface area contributed by atoms with Gasteiger partial charge in [0.25, 0.3) is 0 Å². The zero-order valence-electron chi connectivity index (χ0n) is 10.9. The maximum atomic E-state index is 5.18. The predicted octanol–water partition coefficient (Wildman–Crippen LogP) is 3.69. The van der Waals surface area contributed by atoms with Gasteiger partial charge in [0.1, 0.15) is 5.76 Å². The Morgan fingerprint density at radius 2 is 1.83 bits per heavy atom. The number of hydrogen-bond donors (Lipinski definition) is 0. The lowest BCUT2D eigenvalue weighted by Gasteiger charge is -2.16. The number of aromatic nitrogens is 1. The number of hydrogen-bond acceptors (Lipinski definition) is 3. The molecule has 96 valence electrons. The molecule has 1 aromatic heterocycles. The lowest BCUT2D eigenvalue weighted by atomic mass is 10.1. The Labute approximate surface area is 116 Å². The standard InChI is InChI=1S/C14H17BrN2O/c1-10-14(11(2)18-16-10)9-17(3)8-12-4-6-13(15)7-5-12/h4-7H,8-9H2,1-3H3. The first-order chi connectivity index (χ1) is 8.56. The van der Waals surface area contributed by atoms with Crippen molar-refractivity contribution in [2.24, 2.45) is 0 Å². The second-order valence-electron chi connectivity index (χ2n) is 4.60. The number of nitrogens with zero attached hydrogens (tertiary/aromatic N) is 2. The molecule has 0 amide bonds. The third-order valence-corrected chi connectivity index (χ3v) is 3.50. The molecule has 0 aliphatic heterocycles. The Kier molecular flexibility index (Phi) is 4.19. The maximum absolute atomic E-state index is 5.18. The summed E-state index contributed by atoms with van der Waals surface area (Å²) >= 11 is 3.45. The van der Waals surface area contributed by atoms with E-state index in [2.05, 4.69) is 57.3 Å². The van der Waals surface area contributed by atoms with Gasteiger partial charge in [-0.25, -0.2) is 0 Å². The highest BCUT2D eigenvalue weighted by molar-refractivity contribution is 9.10. The Bertz CT molecular complexity index is 500. The van der Waals surface area contributed by atoms with Crippen molar-refractivity contribution >= 4 is 15.9 Å². The molecule has 3 nitrogen and oxygen atoms in total. The summed E-state index contributed by atoms with van der Waals surface area (Å²) < 4.78 is 6.29. The van der Waals surface area contributed by atoms with Crippen LogP contribution in [0.5, 0.6) is 0 Å². The van der Waals surface area contributed by atoms with Gasteiger partial charge in [-0.3, -0.25) is 4.90 Å². The van der Waals surface area contributed by atoms with E-state index in [1.807, 2.05) is 13.8 Å². The average molecular weight is 309 g/mol. The van der Waals surface area contributed by atoms with Crippen molar-refractivity contribution in [2.75, 3.05) is 7.05 Å². The van der Waals surface area contributed by atoms with Crippen LogP contribution < -0.4 is 0 Å². The van der Waals surface area contributed by atoms with Gasteiger partial charge in [-0.2, -0.15) is 0 Å². The monoisotopic (exact) mass is 308 g/mol. The summed E-state index contributed by atoms with van der Waals surface area (Å²) in [6, 6.07) is 8.40. The topological polar surface area (TPSA) is 29.3 Å². The van der Waals surface area contributed by atoms with Gasteiger partial charge in [0.2, 0.25) is 0 Å². The van der Waals surface area contributed by atoms with Crippen LogP contribution in [-0.2, 0) is 13.1 Å². The van der Waals surface area contributed by atoms with Crippen molar-refractivity contribution in [2.45, 2.75) is 26.9 Å². The Morgan fingerprint density at radius 1 is 1.17 bits per heavy atom. The zero-order valence-corrected chi connectivity index (χ0v) is 12.5. The van der Waals surface area contributed by atoms with Crippen LogP contribution in [0.2, 0.25) is 0 Å². The van der Waals surface area contributed by atoms with Crippen molar-refractivity contribution < 1.29 is 4.52 Å². The van der Waals surface area contributed by atoms with Gasteiger partial charge in [0.05, 0.1) is 5.69 Å². The molecule has 1 heterocycles. The normalized spacial score (nSPS) is 11.2. The third-order valence-electron chi connectivity index (χ3n) is 2.97. The van der Waals surface area contributed by atoms with E-state index >= 15 is 0 Å².